The molecule has 5 rings (SSSR count). The highest BCUT2D eigenvalue weighted by molar-refractivity contribution is 6.03. The summed E-state index contributed by atoms with van der Waals surface area (Å²) in [5.74, 6) is 0.864. The lowest BCUT2D eigenvalue weighted by Gasteiger charge is -2.36. The molecule has 0 spiro atoms. The number of carbonyl (C=O) groups is 1. The van der Waals surface area contributed by atoms with Gasteiger partial charge in [0.25, 0.3) is 0 Å². The number of anilines is 1. The van der Waals surface area contributed by atoms with E-state index in [9.17, 15) is 18.0 Å². The molecular formula is C25H25F3N2O3. The molecule has 2 fully saturated rings. The molecule has 2 N–H and O–H groups in total. The summed E-state index contributed by atoms with van der Waals surface area (Å²) in [6, 6.07) is 11.1. The molecule has 0 unspecified atom stereocenters. The zero-order chi connectivity index (χ0) is 23.2. The van der Waals surface area contributed by atoms with Gasteiger partial charge < -0.3 is 19.8 Å². The van der Waals surface area contributed by atoms with Gasteiger partial charge in [0.15, 0.2) is 0 Å². The van der Waals surface area contributed by atoms with Crippen molar-refractivity contribution in [3.63, 3.8) is 0 Å². The smallest absolute Gasteiger partial charge is 0.416 e. The van der Waals surface area contributed by atoms with Crippen molar-refractivity contribution in [1.82, 2.24) is 4.98 Å². The lowest BCUT2D eigenvalue weighted by molar-refractivity contribution is -0.137. The molecular weight excluding hydrogens is 433 g/mol. The summed E-state index contributed by atoms with van der Waals surface area (Å²) in [4.78, 5) is 15.7. The number of halogens is 3. The second kappa shape index (κ2) is 8.41. The first-order valence-electron chi connectivity index (χ1n) is 11.1. The fourth-order valence-electron chi connectivity index (χ4n) is 4.55. The molecule has 0 aliphatic heterocycles. The van der Waals surface area contributed by atoms with E-state index in [-0.39, 0.29) is 30.0 Å². The number of nitrogens with one attached hydrogen (secondary N) is 2. The number of aromatic amines is 1. The topological polar surface area (TPSA) is 63.3 Å². The van der Waals surface area contributed by atoms with Crippen LogP contribution in [0.1, 0.15) is 42.7 Å². The number of rotatable bonds is 6. The second-order valence-electron chi connectivity index (χ2n) is 8.95. The summed E-state index contributed by atoms with van der Waals surface area (Å²) in [5.41, 5.74) is 1.90. The average molecular weight is 458 g/mol. The molecule has 2 aliphatic carbocycles. The third-order valence-corrected chi connectivity index (χ3v) is 6.82. The largest absolute Gasteiger partial charge is 0.490 e. The number of fused-ring (bicyclic) bond motifs is 1. The number of methoxy groups -OCH3 is 1. The minimum Gasteiger partial charge on any atom is -0.490 e. The van der Waals surface area contributed by atoms with Crippen LogP contribution in [0, 0.1) is 5.92 Å². The maximum Gasteiger partial charge on any atom is 0.416 e. The fraction of sp³-hybridized carbons (Fsp3) is 0.400. The van der Waals surface area contributed by atoms with Gasteiger partial charge in [-0.25, -0.2) is 0 Å². The van der Waals surface area contributed by atoms with Crippen molar-refractivity contribution in [3.05, 3.63) is 59.8 Å². The van der Waals surface area contributed by atoms with Gasteiger partial charge >= 0.3 is 6.18 Å². The number of alkyl halides is 3. The Kier molecular flexibility index (Phi) is 5.56. The molecule has 8 heteroatoms. The monoisotopic (exact) mass is 458 g/mol. The lowest BCUT2D eigenvalue weighted by atomic mass is 9.77. The van der Waals surface area contributed by atoms with Crippen LogP contribution in [0.4, 0.5) is 18.9 Å². The van der Waals surface area contributed by atoms with E-state index >= 15 is 0 Å². The van der Waals surface area contributed by atoms with E-state index in [1.807, 2.05) is 18.2 Å². The summed E-state index contributed by atoms with van der Waals surface area (Å²) < 4.78 is 49.6. The van der Waals surface area contributed by atoms with Crippen molar-refractivity contribution < 1.29 is 27.4 Å². The Morgan fingerprint density at radius 2 is 1.76 bits per heavy atom. The molecule has 1 amide bonds. The van der Waals surface area contributed by atoms with Crippen molar-refractivity contribution >= 4 is 22.5 Å². The Bertz CT molecular complexity index is 1140. The first-order valence-corrected chi connectivity index (χ1v) is 11.1. The maximum absolute atomic E-state index is 12.7. The molecule has 2 aromatic carbocycles. The molecule has 2 saturated carbocycles. The molecule has 2 aliphatic rings. The van der Waals surface area contributed by atoms with Gasteiger partial charge in [0.1, 0.15) is 5.75 Å². The first-order chi connectivity index (χ1) is 15.8. The summed E-state index contributed by atoms with van der Waals surface area (Å²) in [5, 5.41) is 3.88. The highest BCUT2D eigenvalue weighted by Crippen LogP contribution is 2.41. The van der Waals surface area contributed by atoms with Crippen molar-refractivity contribution in [3.8, 4) is 5.75 Å². The van der Waals surface area contributed by atoms with E-state index in [0.29, 0.717) is 5.75 Å². The molecule has 174 valence electrons. The molecule has 0 atom stereocenters. The number of hydrogen-bond donors (Lipinski definition) is 2. The highest BCUT2D eigenvalue weighted by atomic mass is 19.4. The number of hydrogen-bond acceptors (Lipinski definition) is 3. The van der Waals surface area contributed by atoms with Crippen LogP contribution in [-0.2, 0) is 15.7 Å². The summed E-state index contributed by atoms with van der Waals surface area (Å²) >= 11 is 0. The molecule has 3 aromatic rings. The lowest BCUT2D eigenvalue weighted by Crippen LogP contribution is -2.38. The third kappa shape index (κ3) is 4.44. The number of carbonyl (C=O) groups excluding carboxylic acids is 1. The maximum atomic E-state index is 12.7. The molecule has 33 heavy (non-hydrogen) atoms. The van der Waals surface area contributed by atoms with Gasteiger partial charge in [-0.2, -0.15) is 13.2 Å². The molecule has 1 heterocycles. The van der Waals surface area contributed by atoms with Crippen molar-refractivity contribution in [2.75, 3.05) is 12.4 Å². The van der Waals surface area contributed by atoms with E-state index < -0.39 is 11.7 Å². The highest BCUT2D eigenvalue weighted by Gasteiger charge is 2.35. The minimum atomic E-state index is -4.32. The zero-order valence-corrected chi connectivity index (χ0v) is 18.1. The van der Waals surface area contributed by atoms with Crippen LogP contribution in [0.3, 0.4) is 0 Å². The van der Waals surface area contributed by atoms with E-state index in [2.05, 4.69) is 10.3 Å². The number of benzene rings is 2. The van der Waals surface area contributed by atoms with E-state index in [0.717, 1.165) is 60.0 Å². The van der Waals surface area contributed by atoms with Gasteiger partial charge in [0.2, 0.25) is 5.91 Å². The summed E-state index contributed by atoms with van der Waals surface area (Å²) in [6.07, 6.45) is 0.615. The van der Waals surface area contributed by atoms with Crippen molar-refractivity contribution in [2.24, 2.45) is 5.92 Å². The number of H-pyrrole nitrogens is 1. The van der Waals surface area contributed by atoms with E-state index in [1.54, 1.807) is 25.4 Å². The molecule has 1 aromatic heterocycles. The molecule has 5 nitrogen and oxygen atoms in total. The van der Waals surface area contributed by atoms with Crippen LogP contribution < -0.4 is 10.1 Å². The predicted octanol–water partition coefficient (Wildman–Crippen LogP) is 5.88. The van der Waals surface area contributed by atoms with E-state index in [1.165, 1.54) is 0 Å². The SMILES string of the molecule is CO[C@H]1C[C@@H](C(=O)Nc2c[nH]c3ccc(O[C@H]4C[C@H](c5ccc(C(F)(F)F)cc5)C4)cc23)C1. The number of ether oxygens (including phenoxy) is 2. The number of aromatic nitrogens is 1. The van der Waals surface area contributed by atoms with Crippen LogP contribution in [0.15, 0.2) is 48.7 Å². The van der Waals surface area contributed by atoms with Gasteiger partial charge in [-0.3, -0.25) is 4.79 Å². The van der Waals surface area contributed by atoms with Gasteiger partial charge in [-0.1, -0.05) is 12.1 Å². The molecule has 0 radical (unpaired) electrons. The van der Waals surface area contributed by atoms with Crippen LogP contribution in [-0.4, -0.2) is 30.2 Å². The zero-order valence-electron chi connectivity index (χ0n) is 18.1. The fourth-order valence-corrected chi connectivity index (χ4v) is 4.55. The van der Waals surface area contributed by atoms with Gasteiger partial charge in [-0.15, -0.1) is 0 Å². The first kappa shape index (κ1) is 21.8. The van der Waals surface area contributed by atoms with Crippen LogP contribution >= 0.6 is 0 Å². The normalized spacial score (nSPS) is 24.7. The Hall–Kier alpha value is -3.00. The van der Waals surface area contributed by atoms with Gasteiger partial charge in [-0.05, 0) is 67.5 Å². The average Bonchev–Trinajstić information content (AvgIpc) is 3.11. The Balaban J connectivity index is 1.19. The van der Waals surface area contributed by atoms with Crippen LogP contribution in [0.5, 0.6) is 5.75 Å². The number of amides is 1. The van der Waals surface area contributed by atoms with Crippen molar-refractivity contribution in [2.45, 2.75) is 50.0 Å². The standard InChI is InChI=1S/C25H25F3N2O3/c1-32-19-10-16(11-19)24(31)30-23-13-29-22-7-6-18(12-21(22)23)33-20-8-15(9-20)14-2-4-17(5-3-14)25(26,27)28/h2-7,12-13,15-16,19-20,29H,8-11H2,1H3,(H,30,31)/t15-,16-,19+,20-. The van der Waals surface area contributed by atoms with Crippen LogP contribution in [0.2, 0.25) is 0 Å². The van der Waals surface area contributed by atoms with Crippen LogP contribution in [0.25, 0.3) is 10.9 Å². The van der Waals surface area contributed by atoms with E-state index in [4.69, 9.17) is 9.47 Å². The predicted molar refractivity (Wildman–Crippen MR) is 118 cm³/mol. The van der Waals surface area contributed by atoms with Gasteiger partial charge in [0, 0.05) is 30.1 Å². The Labute approximate surface area is 189 Å². The third-order valence-electron chi connectivity index (χ3n) is 6.82. The Morgan fingerprint density at radius 1 is 1.03 bits per heavy atom. The summed E-state index contributed by atoms with van der Waals surface area (Å²) in [7, 11) is 1.66. The second-order valence-corrected chi connectivity index (χ2v) is 8.95. The Morgan fingerprint density at radius 3 is 2.42 bits per heavy atom. The quantitative estimate of drug-likeness (QED) is 0.485. The molecule has 0 saturated heterocycles. The van der Waals surface area contributed by atoms with Crippen molar-refractivity contribution in [1.29, 1.82) is 0 Å². The summed E-state index contributed by atoms with van der Waals surface area (Å²) in [6.45, 7) is 0. The minimum absolute atomic E-state index is 0.00565. The van der Waals surface area contributed by atoms with Gasteiger partial charge in [0.05, 0.1) is 23.5 Å². The molecule has 0 bridgehead atoms.